The predicted molar refractivity (Wildman–Crippen MR) is 74.2 cm³/mol. The van der Waals surface area contributed by atoms with E-state index in [1.807, 2.05) is 0 Å². The second kappa shape index (κ2) is 5.18. The molecule has 2 saturated heterocycles. The van der Waals surface area contributed by atoms with E-state index < -0.39 is 47.8 Å². The first kappa shape index (κ1) is 15.7. The maximum Gasteiger partial charge on any atom is 0.330 e. The maximum atomic E-state index is 12.0. The lowest BCUT2D eigenvalue weighted by atomic mass is 10.1. The molecule has 2 aliphatic rings. The van der Waals surface area contributed by atoms with Crippen LogP contribution >= 0.6 is 0 Å². The van der Waals surface area contributed by atoms with Crippen LogP contribution in [0.2, 0.25) is 0 Å². The van der Waals surface area contributed by atoms with Crippen LogP contribution in [0.4, 0.5) is 0 Å². The van der Waals surface area contributed by atoms with Crippen molar-refractivity contribution in [1.29, 1.82) is 0 Å². The zero-order valence-corrected chi connectivity index (χ0v) is 12.4. The van der Waals surface area contributed by atoms with Crippen molar-refractivity contribution in [2.24, 2.45) is 5.11 Å². The van der Waals surface area contributed by atoms with Gasteiger partial charge in [0.25, 0.3) is 5.56 Å². The van der Waals surface area contributed by atoms with E-state index in [0.717, 1.165) is 10.6 Å². The molecule has 124 valence electrons. The summed E-state index contributed by atoms with van der Waals surface area (Å²) in [6, 6.07) is 1.15. The normalized spacial score (nSPS) is 34.8. The van der Waals surface area contributed by atoms with E-state index in [1.54, 1.807) is 13.8 Å². The second-order valence-corrected chi connectivity index (χ2v) is 5.74. The number of H-pyrrole nitrogens is 1. The van der Waals surface area contributed by atoms with E-state index in [2.05, 4.69) is 15.0 Å². The number of hydrogen-bond acceptors (Lipinski definition) is 7. The van der Waals surface area contributed by atoms with Crippen LogP contribution in [0.3, 0.4) is 0 Å². The zero-order valence-electron chi connectivity index (χ0n) is 12.4. The van der Waals surface area contributed by atoms with Crippen molar-refractivity contribution in [3.8, 4) is 0 Å². The molecule has 3 rings (SSSR count). The summed E-state index contributed by atoms with van der Waals surface area (Å²) >= 11 is 0. The maximum absolute atomic E-state index is 12.0. The van der Waals surface area contributed by atoms with Gasteiger partial charge in [-0.2, -0.15) is 0 Å². The highest BCUT2D eigenvalue weighted by atomic mass is 16.8. The lowest BCUT2D eigenvalue weighted by Gasteiger charge is -2.29. The average Bonchev–Trinajstić information content (AvgIpc) is 2.93. The summed E-state index contributed by atoms with van der Waals surface area (Å²) in [5, 5.41) is 13.2. The van der Waals surface area contributed by atoms with Gasteiger partial charge in [-0.25, -0.2) is 4.79 Å². The first-order valence-electron chi connectivity index (χ1n) is 6.84. The predicted octanol–water partition coefficient (Wildman–Crippen LogP) is -0.416. The number of rotatable bonds is 3. The number of nitrogens with one attached hydrogen (secondary N) is 1. The highest BCUT2D eigenvalue weighted by Crippen LogP contribution is 2.48. The Morgan fingerprint density at radius 3 is 2.78 bits per heavy atom. The third kappa shape index (κ3) is 2.44. The van der Waals surface area contributed by atoms with Crippen LogP contribution in [0.1, 0.15) is 20.1 Å². The summed E-state index contributed by atoms with van der Waals surface area (Å²) in [6.45, 7) is 2.64. The van der Waals surface area contributed by atoms with E-state index in [-0.39, 0.29) is 0 Å². The molecule has 23 heavy (non-hydrogen) atoms. The van der Waals surface area contributed by atoms with Crippen LogP contribution in [-0.2, 0) is 14.2 Å². The fraction of sp³-hybridized carbons (Fsp3) is 0.667. The van der Waals surface area contributed by atoms with Gasteiger partial charge < -0.3 is 19.3 Å². The van der Waals surface area contributed by atoms with Crippen LogP contribution in [0.5, 0.6) is 0 Å². The molecule has 2 N–H and O–H groups in total. The van der Waals surface area contributed by atoms with E-state index in [0.29, 0.717) is 0 Å². The van der Waals surface area contributed by atoms with Gasteiger partial charge in [-0.3, -0.25) is 14.3 Å². The average molecular weight is 325 g/mol. The van der Waals surface area contributed by atoms with Crippen LogP contribution in [-0.4, -0.2) is 45.0 Å². The molecule has 0 spiro atoms. The minimum atomic E-state index is -1.73. The Hall–Kier alpha value is -2.17. The monoisotopic (exact) mass is 325 g/mol. The number of aromatic nitrogens is 2. The summed E-state index contributed by atoms with van der Waals surface area (Å²) in [6.07, 6.45) is -1.53. The number of ether oxygens (including phenoxy) is 3. The van der Waals surface area contributed by atoms with Crippen molar-refractivity contribution >= 4 is 0 Å². The number of fused-ring (bicyclic) bond motifs is 1. The lowest BCUT2D eigenvalue weighted by Crippen LogP contribution is -2.44. The molecule has 11 nitrogen and oxygen atoms in total. The molecule has 0 aliphatic carbocycles. The highest BCUT2D eigenvalue weighted by Gasteiger charge is 2.63. The quantitative estimate of drug-likeness (QED) is 0.437. The van der Waals surface area contributed by atoms with Gasteiger partial charge in [-0.1, -0.05) is 5.11 Å². The van der Waals surface area contributed by atoms with Gasteiger partial charge in [-0.15, -0.1) is 0 Å². The van der Waals surface area contributed by atoms with Crippen molar-refractivity contribution in [1.82, 2.24) is 9.55 Å². The molecule has 0 bridgehead atoms. The number of aliphatic hydroxyl groups is 1. The zero-order chi connectivity index (χ0) is 16.8. The fourth-order valence-corrected chi connectivity index (χ4v) is 2.85. The van der Waals surface area contributed by atoms with Gasteiger partial charge in [0, 0.05) is 17.2 Å². The van der Waals surface area contributed by atoms with Crippen molar-refractivity contribution in [3.05, 3.63) is 43.5 Å². The van der Waals surface area contributed by atoms with Crippen LogP contribution in [0, 0.1) is 0 Å². The molecule has 0 aromatic carbocycles. The van der Waals surface area contributed by atoms with Gasteiger partial charge in [0.05, 0.1) is 6.61 Å². The van der Waals surface area contributed by atoms with Crippen molar-refractivity contribution in [3.63, 3.8) is 0 Å². The van der Waals surface area contributed by atoms with Gasteiger partial charge in [-0.05, 0) is 19.4 Å². The summed E-state index contributed by atoms with van der Waals surface area (Å²) in [5.41, 5.74) is 5.77. The SMILES string of the molecule is CC1(C)OC2C(n3ccc(=O)[nH]c3=O)OC(CO)(N=[N+]=[N-])C2O1. The Kier molecular flexibility index (Phi) is 3.54. The fourth-order valence-electron chi connectivity index (χ4n) is 2.85. The lowest BCUT2D eigenvalue weighted by molar-refractivity contribution is -0.226. The molecular formula is C12H15N5O6. The van der Waals surface area contributed by atoms with E-state index >= 15 is 0 Å². The van der Waals surface area contributed by atoms with E-state index in [4.69, 9.17) is 19.7 Å². The molecule has 0 radical (unpaired) electrons. The van der Waals surface area contributed by atoms with E-state index in [1.165, 1.54) is 6.20 Å². The molecule has 0 amide bonds. The Balaban J connectivity index is 2.10. The largest absolute Gasteiger partial charge is 0.393 e. The Morgan fingerprint density at radius 1 is 1.43 bits per heavy atom. The van der Waals surface area contributed by atoms with Gasteiger partial charge in [0.1, 0.15) is 12.2 Å². The van der Waals surface area contributed by atoms with E-state index in [9.17, 15) is 14.7 Å². The van der Waals surface area contributed by atoms with Crippen LogP contribution in [0.15, 0.2) is 27.0 Å². The third-order valence-electron chi connectivity index (χ3n) is 3.75. The third-order valence-corrected chi connectivity index (χ3v) is 3.75. The smallest absolute Gasteiger partial charge is 0.330 e. The number of nitrogens with zero attached hydrogens (tertiary/aromatic N) is 4. The second-order valence-electron chi connectivity index (χ2n) is 5.74. The first-order valence-corrected chi connectivity index (χ1v) is 6.84. The molecule has 2 aliphatic heterocycles. The van der Waals surface area contributed by atoms with Crippen LogP contribution < -0.4 is 11.2 Å². The molecule has 0 saturated carbocycles. The number of aromatic amines is 1. The minimum Gasteiger partial charge on any atom is -0.393 e. The minimum absolute atomic E-state index is 0.562. The number of hydrogen-bond donors (Lipinski definition) is 2. The molecule has 4 unspecified atom stereocenters. The molecule has 1 aromatic rings. The van der Waals surface area contributed by atoms with Gasteiger partial charge >= 0.3 is 5.69 Å². The van der Waals surface area contributed by atoms with Gasteiger partial charge in [0.15, 0.2) is 12.0 Å². The van der Waals surface area contributed by atoms with Gasteiger partial charge in [0.2, 0.25) is 5.72 Å². The number of aliphatic hydroxyl groups excluding tert-OH is 1. The molecule has 11 heteroatoms. The molecule has 2 fully saturated rings. The first-order chi connectivity index (χ1) is 10.8. The summed E-state index contributed by atoms with van der Waals surface area (Å²) < 4.78 is 18.1. The number of azide groups is 1. The molecule has 1 aromatic heterocycles. The summed E-state index contributed by atoms with van der Waals surface area (Å²) in [4.78, 5) is 28.0. The van der Waals surface area contributed by atoms with Crippen molar-refractivity contribution in [2.75, 3.05) is 6.61 Å². The Bertz CT molecular complexity index is 781. The topological polar surface area (TPSA) is 152 Å². The van der Waals surface area contributed by atoms with Crippen molar-refractivity contribution in [2.45, 2.75) is 43.8 Å². The Morgan fingerprint density at radius 2 is 2.17 bits per heavy atom. The van der Waals surface area contributed by atoms with Crippen molar-refractivity contribution < 1.29 is 19.3 Å². The summed E-state index contributed by atoms with van der Waals surface area (Å²) in [7, 11) is 0. The molecule has 4 atom stereocenters. The molecular weight excluding hydrogens is 310 g/mol. The Labute approximate surface area is 129 Å². The molecule has 3 heterocycles. The highest BCUT2D eigenvalue weighted by molar-refractivity contribution is 5.05. The van der Waals surface area contributed by atoms with Crippen LogP contribution in [0.25, 0.3) is 10.4 Å². The standard InChI is InChI=1S/C12H15N5O6/c1-11(2)21-7-8(22-11)12(5-18,15-16-13)23-9(7)17-4-3-6(19)14-10(17)20/h3-4,7-9,18H,5H2,1-2H3,(H,14,19,20). The summed E-state index contributed by atoms with van der Waals surface area (Å²) in [5.74, 6) is -1.02.